The second-order valence-electron chi connectivity index (χ2n) is 8.21. The van der Waals surface area contributed by atoms with Crippen LogP contribution in [-0.2, 0) is 0 Å². The normalized spacial score (nSPS) is 14.4. The molecule has 0 aromatic heterocycles. The van der Waals surface area contributed by atoms with E-state index in [9.17, 15) is 9.59 Å². The van der Waals surface area contributed by atoms with Crippen molar-refractivity contribution in [2.75, 3.05) is 5.32 Å². The van der Waals surface area contributed by atoms with Crippen molar-refractivity contribution < 1.29 is 9.59 Å². The molecule has 1 saturated carbocycles. The van der Waals surface area contributed by atoms with E-state index < -0.39 is 0 Å². The Morgan fingerprint density at radius 1 is 0.875 bits per heavy atom. The molecule has 3 aromatic rings. The molecule has 4 heteroatoms. The minimum absolute atomic E-state index is 0.0364. The van der Waals surface area contributed by atoms with E-state index in [1.165, 1.54) is 37.7 Å². The number of halogens is 1. The molecule has 4 rings (SSSR count). The van der Waals surface area contributed by atoms with Crippen LogP contribution in [0.2, 0.25) is 5.02 Å². The van der Waals surface area contributed by atoms with Gasteiger partial charge in [-0.1, -0.05) is 85.5 Å². The molecule has 0 unspecified atom stereocenters. The van der Waals surface area contributed by atoms with Gasteiger partial charge in [-0.05, 0) is 60.2 Å². The predicted molar refractivity (Wildman–Crippen MR) is 131 cm³/mol. The zero-order valence-corrected chi connectivity index (χ0v) is 18.6. The number of nitrogens with one attached hydrogen (secondary N) is 1. The first-order valence-corrected chi connectivity index (χ1v) is 11.5. The maximum Gasteiger partial charge on any atom is 0.257 e. The third-order valence-corrected chi connectivity index (χ3v) is 6.29. The lowest BCUT2D eigenvalue weighted by atomic mass is 9.84. The zero-order valence-electron chi connectivity index (χ0n) is 17.9. The summed E-state index contributed by atoms with van der Waals surface area (Å²) < 4.78 is 0. The first-order valence-electron chi connectivity index (χ1n) is 11.1. The van der Waals surface area contributed by atoms with Gasteiger partial charge in [0.1, 0.15) is 0 Å². The van der Waals surface area contributed by atoms with Gasteiger partial charge in [0.15, 0.2) is 5.78 Å². The van der Waals surface area contributed by atoms with Crippen molar-refractivity contribution in [2.24, 2.45) is 0 Å². The van der Waals surface area contributed by atoms with Gasteiger partial charge in [-0.2, -0.15) is 0 Å². The van der Waals surface area contributed by atoms with Gasteiger partial charge in [0.25, 0.3) is 5.91 Å². The predicted octanol–water partition coefficient (Wildman–Crippen LogP) is 7.54. The molecule has 0 bridgehead atoms. The molecule has 1 N–H and O–H groups in total. The largest absolute Gasteiger partial charge is 0.322 e. The van der Waals surface area contributed by atoms with Crippen LogP contribution in [0.4, 0.5) is 5.69 Å². The van der Waals surface area contributed by atoms with Gasteiger partial charge in [-0.15, -0.1) is 0 Å². The molecule has 162 valence electrons. The maximum absolute atomic E-state index is 12.6. The SMILES string of the molecule is O=C(C=Cc1cccc(NC(=O)c2ccccc2Cl)c1)c1ccc(C2CCCCC2)cc1. The highest BCUT2D eigenvalue weighted by Gasteiger charge is 2.15. The van der Waals surface area contributed by atoms with E-state index in [-0.39, 0.29) is 11.7 Å². The first kappa shape index (κ1) is 22.0. The molecule has 0 radical (unpaired) electrons. The molecular weight excluding hydrogens is 418 g/mol. The molecule has 1 fully saturated rings. The molecule has 0 aliphatic heterocycles. The fourth-order valence-corrected chi connectivity index (χ4v) is 4.41. The molecule has 32 heavy (non-hydrogen) atoms. The number of carbonyl (C=O) groups excluding carboxylic acids is 2. The van der Waals surface area contributed by atoms with Gasteiger partial charge in [0.2, 0.25) is 0 Å². The maximum atomic E-state index is 12.6. The van der Waals surface area contributed by atoms with Crippen molar-refractivity contribution in [3.63, 3.8) is 0 Å². The number of hydrogen-bond acceptors (Lipinski definition) is 2. The summed E-state index contributed by atoms with van der Waals surface area (Å²) in [6.07, 6.45) is 9.76. The molecule has 0 saturated heterocycles. The average molecular weight is 444 g/mol. The Kier molecular flexibility index (Phi) is 7.18. The Labute approximate surface area is 194 Å². The van der Waals surface area contributed by atoms with Crippen molar-refractivity contribution in [3.8, 4) is 0 Å². The first-order chi connectivity index (χ1) is 15.6. The van der Waals surface area contributed by atoms with E-state index in [1.54, 1.807) is 42.5 Å². The number of allylic oxidation sites excluding steroid dienone is 1. The Morgan fingerprint density at radius 2 is 1.62 bits per heavy atom. The molecule has 3 nitrogen and oxygen atoms in total. The van der Waals surface area contributed by atoms with Crippen molar-refractivity contribution >= 4 is 35.1 Å². The minimum Gasteiger partial charge on any atom is -0.322 e. The molecule has 0 heterocycles. The van der Waals surface area contributed by atoms with Gasteiger partial charge in [0, 0.05) is 11.3 Å². The lowest BCUT2D eigenvalue weighted by Crippen LogP contribution is -2.12. The molecule has 1 amide bonds. The Bertz CT molecular complexity index is 1130. The van der Waals surface area contributed by atoms with E-state index in [2.05, 4.69) is 17.4 Å². The third-order valence-electron chi connectivity index (χ3n) is 5.96. The summed E-state index contributed by atoms with van der Waals surface area (Å²) in [5.74, 6) is 0.323. The summed E-state index contributed by atoms with van der Waals surface area (Å²) in [7, 11) is 0. The Balaban J connectivity index is 1.40. The topological polar surface area (TPSA) is 46.2 Å². The van der Waals surface area contributed by atoms with Crippen LogP contribution in [0.25, 0.3) is 6.08 Å². The van der Waals surface area contributed by atoms with Crippen molar-refractivity contribution in [1.29, 1.82) is 0 Å². The fourth-order valence-electron chi connectivity index (χ4n) is 4.19. The second-order valence-corrected chi connectivity index (χ2v) is 8.62. The number of amides is 1. The summed E-state index contributed by atoms with van der Waals surface area (Å²) in [5.41, 5.74) is 3.91. The van der Waals surface area contributed by atoms with Crippen LogP contribution in [0.5, 0.6) is 0 Å². The van der Waals surface area contributed by atoms with Gasteiger partial charge >= 0.3 is 0 Å². The van der Waals surface area contributed by atoms with E-state index in [4.69, 9.17) is 11.6 Å². The standard InChI is InChI=1S/C28H26ClNO2/c29-26-12-5-4-11-25(26)28(32)30-24-10-6-7-20(19-24)13-18-27(31)23-16-14-22(15-17-23)21-8-2-1-3-9-21/h4-7,10-19,21H,1-3,8-9H2,(H,30,32). The van der Waals surface area contributed by atoms with E-state index in [0.29, 0.717) is 27.8 Å². The highest BCUT2D eigenvalue weighted by molar-refractivity contribution is 6.34. The van der Waals surface area contributed by atoms with Crippen LogP contribution in [0, 0.1) is 0 Å². The minimum atomic E-state index is -0.272. The molecule has 1 aliphatic carbocycles. The van der Waals surface area contributed by atoms with E-state index >= 15 is 0 Å². The highest BCUT2D eigenvalue weighted by Crippen LogP contribution is 2.32. The van der Waals surface area contributed by atoms with Gasteiger partial charge in [0.05, 0.1) is 10.6 Å². The molecule has 0 spiro atoms. The molecular formula is C28H26ClNO2. The molecule has 0 atom stereocenters. The Hall–Kier alpha value is -3.17. The van der Waals surface area contributed by atoms with Crippen LogP contribution in [0.1, 0.15) is 69.9 Å². The summed E-state index contributed by atoms with van der Waals surface area (Å²) in [4.78, 5) is 25.1. The van der Waals surface area contributed by atoms with Gasteiger partial charge < -0.3 is 5.32 Å². The number of benzene rings is 3. The molecule has 3 aromatic carbocycles. The number of carbonyl (C=O) groups is 2. The zero-order chi connectivity index (χ0) is 22.3. The van der Waals surface area contributed by atoms with Gasteiger partial charge in [-0.25, -0.2) is 0 Å². The van der Waals surface area contributed by atoms with Crippen LogP contribution in [0.15, 0.2) is 78.9 Å². The quantitative estimate of drug-likeness (QED) is 0.316. The van der Waals surface area contributed by atoms with Crippen molar-refractivity contribution in [2.45, 2.75) is 38.0 Å². The van der Waals surface area contributed by atoms with Crippen LogP contribution >= 0.6 is 11.6 Å². The van der Waals surface area contributed by atoms with Crippen LogP contribution in [-0.4, -0.2) is 11.7 Å². The number of rotatable bonds is 6. The average Bonchev–Trinajstić information content (AvgIpc) is 2.83. The number of ketones is 1. The highest BCUT2D eigenvalue weighted by atomic mass is 35.5. The Morgan fingerprint density at radius 3 is 2.38 bits per heavy atom. The lowest BCUT2D eigenvalue weighted by molar-refractivity contribution is 0.102. The van der Waals surface area contributed by atoms with Crippen molar-refractivity contribution in [1.82, 2.24) is 0 Å². The third kappa shape index (κ3) is 5.54. The smallest absolute Gasteiger partial charge is 0.257 e. The lowest BCUT2D eigenvalue weighted by Gasteiger charge is -2.21. The van der Waals surface area contributed by atoms with Crippen molar-refractivity contribution in [3.05, 3.63) is 106 Å². The summed E-state index contributed by atoms with van der Waals surface area (Å²) in [6, 6.07) is 22.3. The van der Waals surface area contributed by atoms with Gasteiger partial charge in [-0.3, -0.25) is 9.59 Å². The summed E-state index contributed by atoms with van der Waals surface area (Å²) in [6.45, 7) is 0. The second kappa shape index (κ2) is 10.4. The van der Waals surface area contributed by atoms with E-state index in [0.717, 1.165) is 5.56 Å². The molecule has 1 aliphatic rings. The number of anilines is 1. The van der Waals surface area contributed by atoms with Crippen LogP contribution in [0.3, 0.4) is 0 Å². The van der Waals surface area contributed by atoms with E-state index in [1.807, 2.05) is 30.3 Å². The fraction of sp³-hybridized carbons (Fsp3) is 0.214. The summed E-state index contributed by atoms with van der Waals surface area (Å²) in [5, 5.41) is 3.26. The van der Waals surface area contributed by atoms with Crippen LogP contribution < -0.4 is 5.32 Å². The monoisotopic (exact) mass is 443 g/mol. The number of hydrogen-bond donors (Lipinski definition) is 1. The summed E-state index contributed by atoms with van der Waals surface area (Å²) >= 11 is 6.10.